The van der Waals surface area contributed by atoms with E-state index in [0.717, 1.165) is 27.5 Å². The largest absolute Gasteiger partial charge is 0.398 e. The van der Waals surface area contributed by atoms with E-state index in [0.29, 0.717) is 23.4 Å². The Hall–Kier alpha value is -4.13. The Bertz CT molecular complexity index is 1280. The van der Waals surface area contributed by atoms with Gasteiger partial charge in [0.25, 0.3) is 11.8 Å². The van der Waals surface area contributed by atoms with Gasteiger partial charge in [-0.1, -0.05) is 30.8 Å². The summed E-state index contributed by atoms with van der Waals surface area (Å²) >= 11 is 0. The lowest BCUT2D eigenvalue weighted by molar-refractivity contribution is -0.114. The molecule has 0 saturated carbocycles. The number of nitrogen functional groups attached to an aromatic ring is 1. The highest BCUT2D eigenvalue weighted by molar-refractivity contribution is 6.06. The molecule has 1 heterocycles. The highest BCUT2D eigenvalue weighted by Crippen LogP contribution is 2.34. The fourth-order valence-electron chi connectivity index (χ4n) is 3.87. The molecular weight excluding hydrogens is 392 g/mol. The molecule has 0 aliphatic carbocycles. The van der Waals surface area contributed by atoms with Crippen molar-refractivity contribution in [3.63, 3.8) is 0 Å². The number of primary amides is 1. The Labute approximate surface area is 179 Å². The molecule has 0 atom stereocenters. The minimum atomic E-state index is -0.619. The molecule has 1 aliphatic heterocycles. The van der Waals surface area contributed by atoms with Crippen molar-refractivity contribution >= 4 is 34.2 Å². The average Bonchev–Trinajstić information content (AvgIpc) is 3.08. The van der Waals surface area contributed by atoms with Gasteiger partial charge in [-0.15, -0.1) is 0 Å². The van der Waals surface area contributed by atoms with E-state index in [2.05, 4.69) is 11.9 Å². The molecule has 0 radical (unpaired) electrons. The maximum absolute atomic E-state index is 12.8. The number of carbonyl (C=O) groups excluding carboxylic acids is 3. The Morgan fingerprint density at radius 3 is 2.48 bits per heavy atom. The minimum absolute atomic E-state index is 0.0947. The number of nitrogens with one attached hydrogen (secondary N) is 1. The van der Waals surface area contributed by atoms with Gasteiger partial charge in [0.2, 0.25) is 5.91 Å². The van der Waals surface area contributed by atoms with Crippen LogP contribution in [0.3, 0.4) is 0 Å². The van der Waals surface area contributed by atoms with Gasteiger partial charge in [0.1, 0.15) is 0 Å². The first-order valence-electron chi connectivity index (χ1n) is 9.74. The van der Waals surface area contributed by atoms with Crippen molar-refractivity contribution < 1.29 is 14.4 Å². The van der Waals surface area contributed by atoms with Crippen LogP contribution >= 0.6 is 0 Å². The van der Waals surface area contributed by atoms with E-state index in [1.54, 1.807) is 30.1 Å². The number of rotatable bonds is 5. The number of anilines is 1. The zero-order valence-corrected chi connectivity index (χ0v) is 17.1. The SMILES string of the molecule is C=C(CN1Cc2c(ccc3ccc(-c4ccc(N)c(C(=O)NC)c4)cc23)C1=O)C(N)=O. The van der Waals surface area contributed by atoms with Crippen LogP contribution in [0.5, 0.6) is 0 Å². The molecule has 7 nitrogen and oxygen atoms in total. The van der Waals surface area contributed by atoms with Crippen LogP contribution in [0.15, 0.2) is 60.7 Å². The van der Waals surface area contributed by atoms with Crippen LogP contribution in [-0.4, -0.2) is 36.2 Å². The van der Waals surface area contributed by atoms with Crippen molar-refractivity contribution in [2.24, 2.45) is 5.73 Å². The zero-order chi connectivity index (χ0) is 22.3. The lowest BCUT2D eigenvalue weighted by Crippen LogP contribution is -2.30. The summed E-state index contributed by atoms with van der Waals surface area (Å²) in [6.45, 7) is 4.12. The van der Waals surface area contributed by atoms with Crippen molar-refractivity contribution in [1.29, 1.82) is 0 Å². The van der Waals surface area contributed by atoms with Gasteiger partial charge in [-0.05, 0) is 51.7 Å². The highest BCUT2D eigenvalue weighted by Gasteiger charge is 2.29. The minimum Gasteiger partial charge on any atom is -0.398 e. The summed E-state index contributed by atoms with van der Waals surface area (Å²) < 4.78 is 0. The predicted octanol–water partition coefficient (Wildman–Crippen LogP) is 2.45. The van der Waals surface area contributed by atoms with Gasteiger partial charge in [-0.3, -0.25) is 14.4 Å². The molecule has 3 aromatic carbocycles. The van der Waals surface area contributed by atoms with Crippen molar-refractivity contribution in [2.75, 3.05) is 19.3 Å². The van der Waals surface area contributed by atoms with E-state index in [-0.39, 0.29) is 23.9 Å². The second kappa shape index (κ2) is 7.60. The summed E-state index contributed by atoms with van der Waals surface area (Å²) in [6.07, 6.45) is 0. The molecule has 0 spiro atoms. The molecule has 3 aromatic rings. The predicted molar refractivity (Wildman–Crippen MR) is 120 cm³/mol. The summed E-state index contributed by atoms with van der Waals surface area (Å²) in [5, 5.41) is 4.53. The first-order chi connectivity index (χ1) is 14.8. The van der Waals surface area contributed by atoms with Crippen molar-refractivity contribution in [3.8, 4) is 11.1 Å². The topological polar surface area (TPSA) is 119 Å². The van der Waals surface area contributed by atoms with E-state index >= 15 is 0 Å². The maximum Gasteiger partial charge on any atom is 0.254 e. The molecule has 1 aliphatic rings. The van der Waals surface area contributed by atoms with Gasteiger partial charge >= 0.3 is 0 Å². The van der Waals surface area contributed by atoms with Crippen LogP contribution in [0.25, 0.3) is 21.9 Å². The molecule has 7 heteroatoms. The van der Waals surface area contributed by atoms with Gasteiger partial charge in [0.15, 0.2) is 0 Å². The van der Waals surface area contributed by atoms with Crippen molar-refractivity contribution in [2.45, 2.75) is 6.54 Å². The number of nitrogens with zero attached hydrogens (tertiary/aromatic N) is 1. The third-order valence-electron chi connectivity index (χ3n) is 5.59. The second-order valence-electron chi connectivity index (χ2n) is 7.54. The van der Waals surface area contributed by atoms with E-state index in [4.69, 9.17) is 11.5 Å². The van der Waals surface area contributed by atoms with Gasteiger partial charge in [-0.2, -0.15) is 0 Å². The van der Waals surface area contributed by atoms with Crippen LogP contribution < -0.4 is 16.8 Å². The molecule has 4 rings (SSSR count). The molecule has 3 amide bonds. The average molecular weight is 414 g/mol. The number of amides is 3. The summed E-state index contributed by atoms with van der Waals surface area (Å²) in [4.78, 5) is 37.9. The van der Waals surface area contributed by atoms with Crippen molar-refractivity contribution in [3.05, 3.63) is 77.4 Å². The smallest absolute Gasteiger partial charge is 0.254 e. The Kier molecular flexibility index (Phi) is 4.94. The number of benzene rings is 3. The number of carbonyl (C=O) groups is 3. The van der Waals surface area contributed by atoms with Crippen LogP contribution in [0, 0.1) is 0 Å². The van der Waals surface area contributed by atoms with Gasteiger partial charge in [0, 0.05) is 30.4 Å². The molecule has 156 valence electrons. The quantitative estimate of drug-likeness (QED) is 0.439. The monoisotopic (exact) mass is 414 g/mol. The number of nitrogens with two attached hydrogens (primary N) is 2. The van der Waals surface area contributed by atoms with Gasteiger partial charge in [-0.25, -0.2) is 0 Å². The molecule has 0 saturated heterocycles. The Balaban J connectivity index is 1.77. The summed E-state index contributed by atoms with van der Waals surface area (Å²) in [7, 11) is 1.56. The van der Waals surface area contributed by atoms with E-state index < -0.39 is 5.91 Å². The number of hydrogen-bond donors (Lipinski definition) is 3. The van der Waals surface area contributed by atoms with E-state index in [1.165, 1.54) is 0 Å². The van der Waals surface area contributed by atoms with Crippen LogP contribution in [0.1, 0.15) is 26.3 Å². The maximum atomic E-state index is 12.8. The van der Waals surface area contributed by atoms with E-state index in [1.807, 2.05) is 30.3 Å². The van der Waals surface area contributed by atoms with Gasteiger partial charge in [0.05, 0.1) is 12.1 Å². The summed E-state index contributed by atoms with van der Waals surface area (Å²) in [5.41, 5.74) is 15.5. The standard InChI is InChI=1S/C24H22N4O3/c1-13(22(26)29)11-28-12-20-17(24(28)31)7-5-14-3-4-15(9-18(14)20)16-6-8-21(25)19(10-16)23(30)27-2/h3-10H,1,11-12,25H2,2H3,(H2,26,29)(H,27,30). The molecule has 0 fully saturated rings. The summed E-state index contributed by atoms with van der Waals surface area (Å²) in [6, 6.07) is 15.0. The third-order valence-corrected chi connectivity index (χ3v) is 5.59. The number of hydrogen-bond acceptors (Lipinski definition) is 4. The third kappa shape index (κ3) is 3.50. The molecular formula is C24H22N4O3. The van der Waals surface area contributed by atoms with Crippen molar-refractivity contribution in [1.82, 2.24) is 10.2 Å². The molecule has 0 aromatic heterocycles. The lowest BCUT2D eigenvalue weighted by atomic mass is 9.95. The first-order valence-corrected chi connectivity index (χ1v) is 9.74. The van der Waals surface area contributed by atoms with Gasteiger partial charge < -0.3 is 21.7 Å². The second-order valence-corrected chi connectivity index (χ2v) is 7.54. The van der Waals surface area contributed by atoms with Crippen LogP contribution in [0.2, 0.25) is 0 Å². The first kappa shape index (κ1) is 20.2. The molecule has 31 heavy (non-hydrogen) atoms. The highest BCUT2D eigenvalue weighted by atomic mass is 16.2. The van der Waals surface area contributed by atoms with Crippen LogP contribution in [0.4, 0.5) is 5.69 Å². The fourth-order valence-corrected chi connectivity index (χ4v) is 3.87. The molecule has 5 N–H and O–H groups in total. The normalized spacial score (nSPS) is 12.7. The number of fused-ring (bicyclic) bond motifs is 3. The van der Waals surface area contributed by atoms with E-state index in [9.17, 15) is 14.4 Å². The molecule has 0 bridgehead atoms. The fraction of sp³-hybridized carbons (Fsp3) is 0.125. The molecule has 0 unspecified atom stereocenters. The van der Waals surface area contributed by atoms with Crippen LogP contribution in [-0.2, 0) is 11.3 Å². The zero-order valence-electron chi connectivity index (χ0n) is 17.1. The Morgan fingerprint density at radius 2 is 1.77 bits per heavy atom. The summed E-state index contributed by atoms with van der Waals surface area (Å²) in [5.74, 6) is -1.03. The lowest BCUT2D eigenvalue weighted by Gasteiger charge is -2.15. The Morgan fingerprint density at radius 1 is 1.10 bits per heavy atom.